The van der Waals surface area contributed by atoms with Crippen LogP contribution in [0.5, 0.6) is 17.2 Å². The van der Waals surface area contributed by atoms with Gasteiger partial charge in [-0.25, -0.2) is 0 Å². The van der Waals surface area contributed by atoms with E-state index < -0.39 is 18.1 Å². The lowest BCUT2D eigenvalue weighted by atomic mass is 10.0. The smallest absolute Gasteiger partial charge is 0.323 e. The van der Waals surface area contributed by atoms with E-state index in [1.807, 2.05) is 45.2 Å². The maximum Gasteiger partial charge on any atom is 0.323 e. The van der Waals surface area contributed by atoms with Gasteiger partial charge in [0, 0.05) is 0 Å². The first kappa shape index (κ1) is 21.6. The number of halogens is 4. The molecular formula is C15H11I4NO5. The topological polar surface area (TPSA) is 113 Å². The molecule has 0 saturated carbocycles. The first-order valence-corrected chi connectivity index (χ1v) is 10.9. The minimum Gasteiger partial charge on any atom is -0.506 e. The molecule has 2 rings (SSSR count). The van der Waals surface area contributed by atoms with Crippen LogP contribution in [0.1, 0.15) is 11.7 Å². The molecule has 0 aliphatic heterocycles. The Morgan fingerprint density at radius 1 is 1.00 bits per heavy atom. The Morgan fingerprint density at radius 3 is 1.92 bits per heavy atom. The van der Waals surface area contributed by atoms with Gasteiger partial charge in [-0.1, -0.05) is 0 Å². The Kier molecular flexibility index (Phi) is 7.82. The van der Waals surface area contributed by atoms with Gasteiger partial charge in [0.2, 0.25) is 0 Å². The Hall–Kier alpha value is 0.350. The van der Waals surface area contributed by atoms with Crippen molar-refractivity contribution in [1.82, 2.24) is 0 Å². The first-order valence-electron chi connectivity index (χ1n) is 6.63. The molecule has 5 N–H and O–H groups in total. The number of aromatic hydroxyl groups is 1. The number of carbonyl (C=O) groups is 1. The van der Waals surface area contributed by atoms with Crippen LogP contribution in [0.15, 0.2) is 24.3 Å². The predicted molar refractivity (Wildman–Crippen MR) is 126 cm³/mol. The molecule has 0 aliphatic rings. The molecular weight excluding hydrogens is 782 g/mol. The number of aliphatic hydroxyl groups is 1. The van der Waals surface area contributed by atoms with Crippen LogP contribution in [0, 0.1) is 14.3 Å². The zero-order valence-electron chi connectivity index (χ0n) is 12.2. The van der Waals surface area contributed by atoms with Gasteiger partial charge >= 0.3 is 5.97 Å². The van der Waals surface area contributed by atoms with Crippen molar-refractivity contribution in [3.05, 3.63) is 44.1 Å². The van der Waals surface area contributed by atoms with E-state index in [0.717, 1.165) is 0 Å². The maximum atomic E-state index is 10.9. The molecule has 0 unspecified atom stereocenters. The molecule has 0 radical (unpaired) electrons. The number of phenols is 1. The lowest BCUT2D eigenvalue weighted by Gasteiger charge is -2.18. The fraction of sp³-hybridized carbons (Fsp3) is 0.133. The molecule has 0 heterocycles. The van der Waals surface area contributed by atoms with Gasteiger partial charge in [-0.05, 0) is 120 Å². The summed E-state index contributed by atoms with van der Waals surface area (Å²) in [6, 6.07) is 5.31. The number of aliphatic hydroxyl groups excluding tert-OH is 1. The molecule has 0 saturated heterocycles. The zero-order valence-corrected chi connectivity index (χ0v) is 20.8. The summed E-state index contributed by atoms with van der Waals surface area (Å²) in [5.74, 6) is 0.0847. The minimum absolute atomic E-state index is 0.207. The molecule has 2 aromatic rings. The summed E-state index contributed by atoms with van der Waals surface area (Å²) in [7, 11) is 0. The molecule has 2 atom stereocenters. The number of nitrogens with two attached hydrogens (primary N) is 1. The molecule has 10 heteroatoms. The van der Waals surface area contributed by atoms with Gasteiger partial charge < -0.3 is 25.8 Å². The molecule has 0 bridgehead atoms. The van der Waals surface area contributed by atoms with Crippen LogP contribution >= 0.6 is 90.4 Å². The second kappa shape index (κ2) is 9.03. The van der Waals surface area contributed by atoms with Crippen LogP contribution in [0.4, 0.5) is 0 Å². The summed E-state index contributed by atoms with van der Waals surface area (Å²) in [4.78, 5) is 10.9. The van der Waals surface area contributed by atoms with Crippen LogP contribution in [0.25, 0.3) is 0 Å². The third-order valence-corrected chi connectivity index (χ3v) is 6.44. The van der Waals surface area contributed by atoms with E-state index in [2.05, 4.69) is 45.2 Å². The van der Waals surface area contributed by atoms with E-state index in [-0.39, 0.29) is 5.75 Å². The van der Waals surface area contributed by atoms with Gasteiger partial charge in [-0.3, -0.25) is 4.79 Å². The molecule has 0 aromatic heterocycles. The van der Waals surface area contributed by atoms with Gasteiger partial charge in [-0.2, -0.15) is 0 Å². The summed E-state index contributed by atoms with van der Waals surface area (Å²) >= 11 is 8.15. The summed E-state index contributed by atoms with van der Waals surface area (Å²) in [6.45, 7) is 0. The largest absolute Gasteiger partial charge is 0.506 e. The third kappa shape index (κ3) is 5.20. The van der Waals surface area contributed by atoms with Gasteiger partial charge in [0.15, 0.2) is 5.75 Å². The number of rotatable bonds is 5. The SMILES string of the molecule is N[C@H](C(=O)O)[C@@H](O)c1cc(I)c(Oc2cc(I)c(O)c(I)c2)c(I)c1. The summed E-state index contributed by atoms with van der Waals surface area (Å²) in [5, 5.41) is 28.9. The van der Waals surface area contributed by atoms with E-state index in [4.69, 9.17) is 15.6 Å². The number of aliphatic carboxylic acids is 1. The van der Waals surface area contributed by atoms with Gasteiger partial charge in [-0.15, -0.1) is 0 Å². The molecule has 0 aliphatic carbocycles. The Labute approximate surface area is 198 Å². The second-order valence-electron chi connectivity index (χ2n) is 4.96. The van der Waals surface area contributed by atoms with Crippen molar-refractivity contribution in [2.24, 2.45) is 5.73 Å². The predicted octanol–water partition coefficient (Wildman–Crippen LogP) is 4.05. The highest BCUT2D eigenvalue weighted by Crippen LogP contribution is 2.37. The summed E-state index contributed by atoms with van der Waals surface area (Å²) in [6.07, 6.45) is -1.32. The number of hydrogen-bond donors (Lipinski definition) is 4. The van der Waals surface area contributed by atoms with Crippen molar-refractivity contribution >= 4 is 96.3 Å². The highest BCUT2D eigenvalue weighted by atomic mass is 127. The molecule has 0 amide bonds. The van der Waals surface area contributed by atoms with E-state index in [1.54, 1.807) is 24.3 Å². The normalized spacial score (nSPS) is 13.4. The van der Waals surface area contributed by atoms with Gasteiger partial charge in [0.05, 0.1) is 14.3 Å². The van der Waals surface area contributed by atoms with Crippen molar-refractivity contribution in [2.75, 3.05) is 0 Å². The molecule has 25 heavy (non-hydrogen) atoms. The molecule has 134 valence electrons. The fourth-order valence-corrected chi connectivity index (χ4v) is 5.66. The number of carboxylic acid groups (broad SMARTS) is 1. The number of ether oxygens (including phenoxy) is 1. The summed E-state index contributed by atoms with van der Waals surface area (Å²) < 4.78 is 8.68. The van der Waals surface area contributed by atoms with Crippen molar-refractivity contribution in [3.63, 3.8) is 0 Å². The van der Waals surface area contributed by atoms with Crippen molar-refractivity contribution in [1.29, 1.82) is 0 Å². The van der Waals surface area contributed by atoms with E-state index in [1.165, 1.54) is 0 Å². The van der Waals surface area contributed by atoms with Crippen LogP contribution in [-0.2, 0) is 4.79 Å². The lowest BCUT2D eigenvalue weighted by molar-refractivity contribution is -0.141. The maximum absolute atomic E-state index is 10.9. The minimum atomic E-state index is -1.40. The number of hydrogen-bond acceptors (Lipinski definition) is 5. The number of benzene rings is 2. The average Bonchev–Trinajstić information content (AvgIpc) is 2.54. The average molecular weight is 793 g/mol. The van der Waals surface area contributed by atoms with E-state index in [9.17, 15) is 15.0 Å². The number of carboxylic acids is 1. The van der Waals surface area contributed by atoms with Crippen LogP contribution in [0.2, 0.25) is 0 Å². The molecule has 0 fully saturated rings. The standard InChI is InChI=1S/C15H11I4NO5/c16-7-3-6(4-8(17)13(7)22)25-14-9(18)1-5(2-10(14)19)12(21)11(20)15(23)24/h1-4,11-12,21-22H,20H2,(H,23,24)/t11-,12-/m0/s1. The second-order valence-corrected chi connectivity index (χ2v) is 9.61. The highest BCUT2D eigenvalue weighted by Gasteiger charge is 2.25. The quantitative estimate of drug-likeness (QED) is 0.341. The lowest BCUT2D eigenvalue weighted by Crippen LogP contribution is -2.36. The van der Waals surface area contributed by atoms with Crippen LogP contribution in [0.3, 0.4) is 0 Å². The van der Waals surface area contributed by atoms with Gasteiger partial charge in [0.25, 0.3) is 0 Å². The van der Waals surface area contributed by atoms with Crippen molar-refractivity contribution in [3.8, 4) is 17.2 Å². The third-order valence-electron chi connectivity index (χ3n) is 3.20. The van der Waals surface area contributed by atoms with Crippen LogP contribution in [-0.4, -0.2) is 27.3 Å². The van der Waals surface area contributed by atoms with Crippen LogP contribution < -0.4 is 10.5 Å². The molecule has 0 spiro atoms. The van der Waals surface area contributed by atoms with E-state index >= 15 is 0 Å². The van der Waals surface area contributed by atoms with Gasteiger partial charge in [0.1, 0.15) is 23.6 Å². The Morgan fingerprint density at radius 2 is 1.48 bits per heavy atom. The Bertz CT molecular complexity index is 784. The summed E-state index contributed by atoms with van der Waals surface area (Å²) in [5.41, 5.74) is 5.90. The monoisotopic (exact) mass is 793 g/mol. The van der Waals surface area contributed by atoms with E-state index in [0.29, 0.717) is 31.3 Å². The molecule has 2 aromatic carbocycles. The molecule has 6 nitrogen and oxygen atoms in total. The fourth-order valence-electron chi connectivity index (χ4n) is 1.91. The highest BCUT2D eigenvalue weighted by molar-refractivity contribution is 14.1. The van der Waals surface area contributed by atoms with Crippen molar-refractivity contribution in [2.45, 2.75) is 12.1 Å². The zero-order chi connectivity index (χ0) is 18.9. The van der Waals surface area contributed by atoms with Crippen molar-refractivity contribution < 1.29 is 24.9 Å². The number of phenolic OH excluding ortho intramolecular Hbond substituents is 1. The Balaban J connectivity index is 2.36. The first-order chi connectivity index (χ1) is 11.6.